The Morgan fingerprint density at radius 1 is 1.13 bits per heavy atom. The SMILES string of the molecule is COc1ccccc1CCCNC(=O)C1CCN(S(=O)(=O)c2ccc(F)cc2)CC1. The molecule has 0 radical (unpaired) electrons. The molecular formula is C22H27FN2O4S. The minimum Gasteiger partial charge on any atom is -0.496 e. The summed E-state index contributed by atoms with van der Waals surface area (Å²) in [6, 6.07) is 12.6. The summed E-state index contributed by atoms with van der Waals surface area (Å²) in [4.78, 5) is 12.5. The molecule has 2 aromatic carbocycles. The number of para-hydroxylation sites is 1. The van der Waals surface area contributed by atoms with Crippen LogP contribution in [0.25, 0.3) is 0 Å². The number of rotatable bonds is 8. The number of carbonyl (C=O) groups excluding carboxylic acids is 1. The van der Waals surface area contributed by atoms with Crippen molar-refractivity contribution >= 4 is 15.9 Å². The average molecular weight is 435 g/mol. The van der Waals surface area contributed by atoms with Crippen molar-refractivity contribution in [3.05, 3.63) is 59.9 Å². The van der Waals surface area contributed by atoms with Gasteiger partial charge in [-0.05, 0) is 61.6 Å². The number of halogens is 1. The molecule has 30 heavy (non-hydrogen) atoms. The van der Waals surface area contributed by atoms with Crippen LogP contribution in [-0.4, -0.2) is 45.4 Å². The number of hydrogen-bond acceptors (Lipinski definition) is 4. The quantitative estimate of drug-likeness (QED) is 0.648. The normalized spacial score (nSPS) is 15.7. The first-order chi connectivity index (χ1) is 14.4. The lowest BCUT2D eigenvalue weighted by atomic mass is 9.97. The van der Waals surface area contributed by atoms with Crippen molar-refractivity contribution in [1.82, 2.24) is 9.62 Å². The van der Waals surface area contributed by atoms with Crippen LogP contribution in [0.1, 0.15) is 24.8 Å². The zero-order valence-electron chi connectivity index (χ0n) is 17.0. The summed E-state index contributed by atoms with van der Waals surface area (Å²) >= 11 is 0. The van der Waals surface area contributed by atoms with Crippen molar-refractivity contribution in [3.63, 3.8) is 0 Å². The van der Waals surface area contributed by atoms with Gasteiger partial charge in [0.2, 0.25) is 15.9 Å². The molecule has 3 rings (SSSR count). The predicted octanol–water partition coefficient (Wildman–Crippen LogP) is 2.98. The maximum Gasteiger partial charge on any atom is 0.243 e. The van der Waals surface area contributed by atoms with Gasteiger partial charge in [-0.3, -0.25) is 4.79 Å². The molecule has 2 aromatic rings. The number of amides is 1. The number of aryl methyl sites for hydroxylation is 1. The van der Waals surface area contributed by atoms with E-state index < -0.39 is 15.8 Å². The van der Waals surface area contributed by atoms with E-state index in [0.717, 1.165) is 36.3 Å². The van der Waals surface area contributed by atoms with Gasteiger partial charge in [0, 0.05) is 25.6 Å². The Labute approximate surface area is 177 Å². The summed E-state index contributed by atoms with van der Waals surface area (Å²) in [5.74, 6) is 0.137. The number of piperidine rings is 1. The molecule has 1 heterocycles. The Hall–Kier alpha value is -2.45. The fourth-order valence-corrected chi connectivity index (χ4v) is 5.13. The van der Waals surface area contributed by atoms with Crippen molar-refractivity contribution in [1.29, 1.82) is 0 Å². The Morgan fingerprint density at radius 2 is 1.80 bits per heavy atom. The van der Waals surface area contributed by atoms with Crippen LogP contribution < -0.4 is 10.1 Å². The van der Waals surface area contributed by atoms with E-state index in [1.165, 1.54) is 16.4 Å². The smallest absolute Gasteiger partial charge is 0.243 e. The highest BCUT2D eigenvalue weighted by Crippen LogP contribution is 2.24. The van der Waals surface area contributed by atoms with E-state index in [-0.39, 0.29) is 29.8 Å². The average Bonchev–Trinajstić information content (AvgIpc) is 2.77. The number of carbonyl (C=O) groups is 1. The van der Waals surface area contributed by atoms with Crippen LogP contribution in [0.5, 0.6) is 5.75 Å². The second-order valence-corrected chi connectivity index (χ2v) is 9.28. The lowest BCUT2D eigenvalue weighted by Crippen LogP contribution is -2.43. The number of ether oxygens (including phenoxy) is 1. The monoisotopic (exact) mass is 434 g/mol. The molecule has 0 aliphatic carbocycles. The third-order valence-electron chi connectivity index (χ3n) is 5.39. The van der Waals surface area contributed by atoms with Crippen LogP contribution in [0.3, 0.4) is 0 Å². The molecule has 0 aromatic heterocycles. The summed E-state index contributed by atoms with van der Waals surface area (Å²) < 4.78 is 45.1. The van der Waals surface area contributed by atoms with Gasteiger partial charge in [0.1, 0.15) is 11.6 Å². The van der Waals surface area contributed by atoms with Crippen molar-refractivity contribution in [2.24, 2.45) is 5.92 Å². The summed E-state index contributed by atoms with van der Waals surface area (Å²) in [5, 5.41) is 2.96. The van der Waals surface area contributed by atoms with Crippen molar-refractivity contribution in [2.75, 3.05) is 26.7 Å². The lowest BCUT2D eigenvalue weighted by Gasteiger charge is -2.30. The Morgan fingerprint density at radius 3 is 2.47 bits per heavy atom. The van der Waals surface area contributed by atoms with Crippen LogP contribution in [-0.2, 0) is 21.2 Å². The number of benzene rings is 2. The zero-order chi connectivity index (χ0) is 21.6. The molecule has 1 aliphatic rings. The fourth-order valence-electron chi connectivity index (χ4n) is 3.66. The van der Waals surface area contributed by atoms with Crippen molar-refractivity contribution in [3.8, 4) is 5.75 Å². The molecule has 0 spiro atoms. The van der Waals surface area contributed by atoms with E-state index in [1.807, 2.05) is 24.3 Å². The Kier molecular flexibility index (Phi) is 7.44. The first-order valence-electron chi connectivity index (χ1n) is 10.1. The molecule has 1 saturated heterocycles. The molecule has 0 unspecified atom stereocenters. The van der Waals surface area contributed by atoms with Gasteiger partial charge in [0.25, 0.3) is 0 Å². The van der Waals surface area contributed by atoms with Crippen LogP contribution >= 0.6 is 0 Å². The highest BCUT2D eigenvalue weighted by Gasteiger charge is 2.31. The molecule has 1 amide bonds. The molecule has 6 nitrogen and oxygen atoms in total. The maximum absolute atomic E-state index is 13.1. The zero-order valence-corrected chi connectivity index (χ0v) is 17.8. The molecule has 8 heteroatoms. The molecule has 0 saturated carbocycles. The number of hydrogen-bond donors (Lipinski definition) is 1. The van der Waals surface area contributed by atoms with E-state index in [9.17, 15) is 17.6 Å². The molecule has 1 N–H and O–H groups in total. The standard InChI is InChI=1S/C22H27FN2O4S/c1-29-21-7-3-2-5-17(21)6-4-14-24-22(26)18-12-15-25(16-13-18)30(27,28)20-10-8-19(23)9-11-20/h2-3,5,7-11,18H,4,6,12-16H2,1H3,(H,24,26). The minimum atomic E-state index is -3.66. The number of nitrogens with zero attached hydrogens (tertiary/aromatic N) is 1. The van der Waals surface area contributed by atoms with E-state index >= 15 is 0 Å². The first-order valence-corrected chi connectivity index (χ1v) is 11.5. The van der Waals surface area contributed by atoms with E-state index in [2.05, 4.69) is 5.32 Å². The summed E-state index contributed by atoms with van der Waals surface area (Å²) in [6.07, 6.45) is 2.54. The van der Waals surface area contributed by atoms with Crippen LogP contribution in [0.2, 0.25) is 0 Å². The van der Waals surface area contributed by atoms with Crippen LogP contribution in [0, 0.1) is 11.7 Å². The highest BCUT2D eigenvalue weighted by atomic mass is 32.2. The predicted molar refractivity (Wildman–Crippen MR) is 112 cm³/mol. The van der Waals surface area contributed by atoms with Gasteiger partial charge in [-0.1, -0.05) is 18.2 Å². The van der Waals surface area contributed by atoms with Crippen LogP contribution in [0.4, 0.5) is 4.39 Å². The maximum atomic E-state index is 13.1. The number of sulfonamides is 1. The largest absolute Gasteiger partial charge is 0.496 e. The van der Waals surface area contributed by atoms with Gasteiger partial charge in [-0.25, -0.2) is 12.8 Å². The van der Waals surface area contributed by atoms with Gasteiger partial charge < -0.3 is 10.1 Å². The number of methoxy groups -OCH3 is 1. The van der Waals surface area contributed by atoms with E-state index in [4.69, 9.17) is 4.74 Å². The molecule has 162 valence electrons. The fraction of sp³-hybridized carbons (Fsp3) is 0.409. The van der Waals surface area contributed by atoms with Gasteiger partial charge in [-0.15, -0.1) is 0 Å². The van der Waals surface area contributed by atoms with Crippen molar-refractivity contribution in [2.45, 2.75) is 30.6 Å². The topological polar surface area (TPSA) is 75.7 Å². The second kappa shape index (κ2) is 10.0. The summed E-state index contributed by atoms with van der Waals surface area (Å²) in [5.41, 5.74) is 1.11. The minimum absolute atomic E-state index is 0.0335. The van der Waals surface area contributed by atoms with Gasteiger partial charge >= 0.3 is 0 Å². The van der Waals surface area contributed by atoms with Gasteiger partial charge in [0.05, 0.1) is 12.0 Å². The van der Waals surface area contributed by atoms with E-state index in [1.54, 1.807) is 7.11 Å². The second-order valence-electron chi connectivity index (χ2n) is 7.34. The summed E-state index contributed by atoms with van der Waals surface area (Å²) in [6.45, 7) is 1.11. The third-order valence-corrected chi connectivity index (χ3v) is 7.30. The lowest BCUT2D eigenvalue weighted by molar-refractivity contribution is -0.126. The molecule has 1 aliphatic heterocycles. The molecular weight excluding hydrogens is 407 g/mol. The van der Waals surface area contributed by atoms with Crippen LogP contribution in [0.15, 0.2) is 53.4 Å². The summed E-state index contributed by atoms with van der Waals surface area (Å²) in [7, 11) is -2.02. The Balaban J connectivity index is 1.44. The third kappa shape index (κ3) is 5.37. The molecule has 0 bridgehead atoms. The molecule has 0 atom stereocenters. The van der Waals surface area contributed by atoms with Gasteiger partial charge in [-0.2, -0.15) is 4.31 Å². The molecule has 1 fully saturated rings. The van der Waals surface area contributed by atoms with E-state index in [0.29, 0.717) is 19.4 Å². The Bertz CT molecular complexity index is 955. The first kappa shape index (κ1) is 22.2. The van der Waals surface area contributed by atoms with Gasteiger partial charge in [0.15, 0.2) is 0 Å². The van der Waals surface area contributed by atoms with Crippen molar-refractivity contribution < 1.29 is 22.3 Å². The number of nitrogens with one attached hydrogen (secondary N) is 1. The highest BCUT2D eigenvalue weighted by molar-refractivity contribution is 7.89.